The van der Waals surface area contributed by atoms with Gasteiger partial charge in [-0.1, -0.05) is 17.7 Å². The maximum Gasteiger partial charge on any atom is 0.342 e. The summed E-state index contributed by atoms with van der Waals surface area (Å²) in [6.45, 7) is 4.12. The van der Waals surface area contributed by atoms with E-state index in [1.165, 1.54) is 0 Å². The average Bonchev–Trinajstić information content (AvgIpc) is 3.18. The minimum absolute atomic E-state index is 0.0720. The molecule has 7 nitrogen and oxygen atoms in total. The monoisotopic (exact) mass is 439 g/mol. The highest BCUT2D eigenvalue weighted by Gasteiger charge is 2.32. The van der Waals surface area contributed by atoms with Crippen LogP contribution in [-0.4, -0.2) is 33.2 Å². The van der Waals surface area contributed by atoms with E-state index >= 15 is 0 Å². The van der Waals surface area contributed by atoms with Crippen LogP contribution >= 0.6 is 0 Å². The summed E-state index contributed by atoms with van der Waals surface area (Å²) in [5, 5.41) is 2.89. The lowest BCUT2D eigenvalue weighted by Gasteiger charge is -2.18. The van der Waals surface area contributed by atoms with E-state index in [0.717, 1.165) is 22.3 Å². The summed E-state index contributed by atoms with van der Waals surface area (Å²) in [5.41, 5.74) is 4.71. The molecule has 0 unspecified atom stereocenters. The molecular weight excluding hydrogens is 410 g/mol. The summed E-state index contributed by atoms with van der Waals surface area (Å²) in [5.74, 6) is 1.43. The summed E-state index contributed by atoms with van der Waals surface area (Å²) in [4.78, 5) is 24.6. The molecule has 0 aromatic heterocycles. The van der Waals surface area contributed by atoms with Gasteiger partial charge in [0.2, 0.25) is 5.91 Å². The van der Waals surface area contributed by atoms with Crippen LogP contribution in [0.25, 0.3) is 0 Å². The van der Waals surface area contributed by atoms with Gasteiger partial charge in [0, 0.05) is 29.3 Å². The summed E-state index contributed by atoms with van der Waals surface area (Å²) >= 11 is 0. The molecule has 0 fully saturated rings. The first kappa shape index (κ1) is 23.2. The summed E-state index contributed by atoms with van der Waals surface area (Å²) in [6, 6.07) is 7.25. The van der Waals surface area contributed by atoms with Gasteiger partial charge in [-0.15, -0.1) is 0 Å². The molecule has 170 valence electrons. The number of carbonyl (C=O) groups excluding carboxylic acids is 2. The van der Waals surface area contributed by atoms with E-state index in [9.17, 15) is 9.59 Å². The number of hydrogen-bond donors (Lipinski definition) is 1. The fourth-order valence-electron chi connectivity index (χ4n) is 3.85. The largest absolute Gasteiger partial charge is 0.497 e. The molecule has 3 rings (SSSR count). The minimum Gasteiger partial charge on any atom is -0.497 e. The highest BCUT2D eigenvalue weighted by molar-refractivity contribution is 5.98. The number of cyclic esters (lactones) is 1. The molecule has 1 aliphatic heterocycles. The Hall–Kier alpha value is -3.48. The van der Waals surface area contributed by atoms with Crippen LogP contribution in [0.3, 0.4) is 0 Å². The topological polar surface area (TPSA) is 83.1 Å². The number of amides is 1. The predicted octanol–water partition coefficient (Wildman–Crippen LogP) is 4.60. The number of carbonyl (C=O) groups is 2. The molecule has 2 aromatic rings. The number of benzene rings is 2. The van der Waals surface area contributed by atoms with Gasteiger partial charge in [0.1, 0.15) is 29.4 Å². The molecule has 0 aliphatic carbocycles. The smallest absolute Gasteiger partial charge is 0.342 e. The Morgan fingerprint density at radius 2 is 1.88 bits per heavy atom. The number of fused-ring (bicyclic) bond motifs is 1. The zero-order chi connectivity index (χ0) is 23.3. The molecule has 2 aromatic carbocycles. The lowest BCUT2D eigenvalue weighted by atomic mass is 9.94. The fourth-order valence-corrected chi connectivity index (χ4v) is 3.85. The van der Waals surface area contributed by atoms with Crippen molar-refractivity contribution >= 4 is 17.6 Å². The van der Waals surface area contributed by atoms with Crippen LogP contribution in [0.4, 0.5) is 5.69 Å². The Balaban J connectivity index is 1.70. The Morgan fingerprint density at radius 3 is 2.56 bits per heavy atom. The zero-order valence-electron chi connectivity index (χ0n) is 19.2. The van der Waals surface area contributed by atoms with Gasteiger partial charge in [0.15, 0.2) is 0 Å². The third kappa shape index (κ3) is 4.88. The molecule has 1 heterocycles. The van der Waals surface area contributed by atoms with Gasteiger partial charge in [-0.25, -0.2) is 4.79 Å². The van der Waals surface area contributed by atoms with Gasteiger partial charge >= 0.3 is 5.97 Å². The van der Waals surface area contributed by atoms with Gasteiger partial charge in [0.05, 0.1) is 21.3 Å². The summed E-state index contributed by atoms with van der Waals surface area (Å²) < 4.78 is 21.6. The molecule has 0 atom stereocenters. The molecule has 7 heteroatoms. The SMILES string of the molecule is COc1cccc(NC(=O)CCC(C)=CCc2c(OC)c(C)c3c(c2OC)C(=O)OC3)c1. The van der Waals surface area contributed by atoms with Crippen LogP contribution in [0.5, 0.6) is 17.2 Å². The minimum atomic E-state index is -0.376. The highest BCUT2D eigenvalue weighted by Crippen LogP contribution is 2.42. The van der Waals surface area contributed by atoms with Crippen molar-refractivity contribution in [3.63, 3.8) is 0 Å². The number of methoxy groups -OCH3 is 3. The molecule has 1 amide bonds. The lowest BCUT2D eigenvalue weighted by molar-refractivity contribution is -0.116. The van der Waals surface area contributed by atoms with E-state index in [2.05, 4.69) is 5.32 Å². The maximum atomic E-state index is 12.3. The lowest BCUT2D eigenvalue weighted by Crippen LogP contribution is -2.11. The number of allylic oxidation sites excluding steroid dienone is 2. The van der Waals surface area contributed by atoms with Gasteiger partial charge in [-0.3, -0.25) is 4.79 Å². The number of ether oxygens (including phenoxy) is 4. The van der Waals surface area contributed by atoms with Crippen LogP contribution in [0, 0.1) is 6.92 Å². The van der Waals surface area contributed by atoms with Crippen LogP contribution in [0.2, 0.25) is 0 Å². The van der Waals surface area contributed by atoms with Crippen molar-refractivity contribution in [2.75, 3.05) is 26.6 Å². The molecule has 0 spiro atoms. The van der Waals surface area contributed by atoms with Crippen molar-refractivity contribution in [1.82, 2.24) is 0 Å². The van der Waals surface area contributed by atoms with Crippen molar-refractivity contribution in [2.24, 2.45) is 0 Å². The van der Waals surface area contributed by atoms with Crippen LogP contribution in [-0.2, 0) is 22.6 Å². The number of hydrogen-bond acceptors (Lipinski definition) is 6. The number of esters is 1. The van der Waals surface area contributed by atoms with E-state index in [-0.39, 0.29) is 18.5 Å². The standard InChI is InChI=1S/C25H29NO6/c1-15(10-12-21(27)26-17-7-6-8-18(13-17)29-3)9-11-19-23(30-4)16(2)20-14-32-25(28)22(20)24(19)31-5/h6-9,13H,10-12,14H2,1-5H3,(H,26,27). The van der Waals surface area contributed by atoms with Gasteiger partial charge in [-0.05, 0) is 44.4 Å². The van der Waals surface area contributed by atoms with Gasteiger partial charge < -0.3 is 24.3 Å². The average molecular weight is 440 g/mol. The normalized spacial score (nSPS) is 12.8. The second-order valence-corrected chi connectivity index (χ2v) is 7.63. The summed E-state index contributed by atoms with van der Waals surface area (Å²) in [6.07, 6.45) is 3.50. The molecule has 1 N–H and O–H groups in total. The quantitative estimate of drug-likeness (QED) is 0.454. The third-order valence-corrected chi connectivity index (χ3v) is 5.58. The third-order valence-electron chi connectivity index (χ3n) is 5.58. The zero-order valence-corrected chi connectivity index (χ0v) is 19.2. The predicted molar refractivity (Wildman–Crippen MR) is 122 cm³/mol. The van der Waals surface area contributed by atoms with Crippen molar-refractivity contribution in [3.05, 3.63) is 58.2 Å². The van der Waals surface area contributed by atoms with Crippen LogP contribution in [0.1, 0.15) is 46.8 Å². The van der Waals surface area contributed by atoms with Gasteiger partial charge in [0.25, 0.3) is 0 Å². The molecular formula is C25H29NO6. The Labute approximate surface area is 188 Å². The highest BCUT2D eigenvalue weighted by atomic mass is 16.5. The van der Waals surface area contributed by atoms with Crippen molar-refractivity contribution in [3.8, 4) is 17.2 Å². The number of nitrogens with one attached hydrogen (secondary N) is 1. The van der Waals surface area contributed by atoms with E-state index in [4.69, 9.17) is 18.9 Å². The van der Waals surface area contributed by atoms with Crippen molar-refractivity contribution in [1.29, 1.82) is 0 Å². The molecule has 0 bridgehead atoms. The number of anilines is 1. The van der Waals surface area contributed by atoms with Crippen molar-refractivity contribution in [2.45, 2.75) is 39.7 Å². The van der Waals surface area contributed by atoms with E-state index in [1.807, 2.05) is 38.1 Å². The van der Waals surface area contributed by atoms with Gasteiger partial charge in [-0.2, -0.15) is 0 Å². The molecule has 0 radical (unpaired) electrons. The Kier molecular flexibility index (Phi) is 7.41. The van der Waals surface area contributed by atoms with E-state index < -0.39 is 0 Å². The van der Waals surface area contributed by atoms with E-state index in [0.29, 0.717) is 47.8 Å². The molecule has 1 aliphatic rings. The first-order chi connectivity index (χ1) is 15.4. The van der Waals surface area contributed by atoms with E-state index in [1.54, 1.807) is 27.4 Å². The first-order valence-electron chi connectivity index (χ1n) is 10.4. The maximum absolute atomic E-state index is 12.3. The van der Waals surface area contributed by atoms with Crippen LogP contribution < -0.4 is 19.5 Å². The first-order valence-corrected chi connectivity index (χ1v) is 10.4. The van der Waals surface area contributed by atoms with Crippen molar-refractivity contribution < 1.29 is 28.5 Å². The Morgan fingerprint density at radius 1 is 1.12 bits per heavy atom. The number of rotatable bonds is 9. The molecule has 32 heavy (non-hydrogen) atoms. The summed E-state index contributed by atoms with van der Waals surface area (Å²) in [7, 11) is 4.73. The second kappa shape index (κ2) is 10.2. The Bertz CT molecular complexity index is 1060. The molecule has 0 saturated heterocycles. The second-order valence-electron chi connectivity index (χ2n) is 7.63. The van der Waals surface area contributed by atoms with Crippen LogP contribution in [0.15, 0.2) is 35.9 Å². The fraction of sp³-hybridized carbons (Fsp3) is 0.360. The molecule has 0 saturated carbocycles.